The van der Waals surface area contributed by atoms with Crippen LogP contribution in [0.25, 0.3) is 0 Å². The Balaban J connectivity index is 1.67. The summed E-state index contributed by atoms with van der Waals surface area (Å²) in [6.07, 6.45) is -5.87. The van der Waals surface area contributed by atoms with Crippen molar-refractivity contribution in [2.75, 3.05) is 27.4 Å². The average molecular weight is 559 g/mol. The van der Waals surface area contributed by atoms with Crippen molar-refractivity contribution in [2.24, 2.45) is 0 Å². The molecule has 218 valence electrons. The number of hydrogen-bond donors (Lipinski definition) is 0. The monoisotopic (exact) mass is 558 g/mol. The van der Waals surface area contributed by atoms with Crippen molar-refractivity contribution in [3.05, 3.63) is 71.8 Å². The van der Waals surface area contributed by atoms with Gasteiger partial charge in [-0.1, -0.05) is 60.7 Å². The molecule has 6 atom stereocenters. The van der Waals surface area contributed by atoms with Crippen LogP contribution in [0.4, 0.5) is 0 Å². The highest BCUT2D eigenvalue weighted by Crippen LogP contribution is 2.34. The van der Waals surface area contributed by atoms with E-state index in [-0.39, 0.29) is 13.2 Å². The molecule has 2 fully saturated rings. The van der Waals surface area contributed by atoms with Gasteiger partial charge >= 0.3 is 11.9 Å². The Hall–Kier alpha value is -2.86. The second kappa shape index (κ2) is 12.8. The Bertz CT molecular complexity index is 1030. The van der Waals surface area contributed by atoms with Crippen molar-refractivity contribution in [2.45, 2.75) is 75.9 Å². The van der Waals surface area contributed by atoms with E-state index in [4.69, 9.17) is 37.9 Å². The lowest BCUT2D eigenvalue weighted by atomic mass is 10.0. The fraction of sp³-hybridized carbons (Fsp3) is 0.533. The molecule has 2 heterocycles. The molecule has 0 N–H and O–H groups in total. The molecule has 0 radical (unpaired) electrons. The van der Waals surface area contributed by atoms with Crippen LogP contribution in [0.1, 0.15) is 51.0 Å². The second-order valence-corrected chi connectivity index (χ2v) is 10.6. The van der Waals surface area contributed by atoms with Gasteiger partial charge in [-0.25, -0.2) is 9.59 Å². The van der Waals surface area contributed by atoms with Crippen LogP contribution in [0.2, 0.25) is 0 Å². The van der Waals surface area contributed by atoms with Gasteiger partial charge < -0.3 is 37.9 Å². The van der Waals surface area contributed by atoms with Gasteiger partial charge in [0.15, 0.2) is 36.0 Å². The number of carbonyl (C=O) groups excluding carboxylic acids is 2. The first-order valence-electron chi connectivity index (χ1n) is 13.2. The smallest absolute Gasteiger partial charge is 0.340 e. The molecule has 2 aromatic carbocycles. The van der Waals surface area contributed by atoms with E-state index in [2.05, 4.69) is 0 Å². The van der Waals surface area contributed by atoms with Gasteiger partial charge in [-0.05, 0) is 38.8 Å². The summed E-state index contributed by atoms with van der Waals surface area (Å²) in [7, 11) is 2.84. The lowest BCUT2D eigenvalue weighted by Crippen LogP contribution is -2.52. The summed E-state index contributed by atoms with van der Waals surface area (Å²) in [4.78, 5) is 27.1. The van der Waals surface area contributed by atoms with Crippen LogP contribution in [0.15, 0.2) is 60.7 Å². The van der Waals surface area contributed by atoms with E-state index in [0.29, 0.717) is 11.1 Å². The number of esters is 2. The van der Waals surface area contributed by atoms with Crippen molar-refractivity contribution in [1.29, 1.82) is 0 Å². The van der Waals surface area contributed by atoms with Gasteiger partial charge in [0.05, 0.1) is 13.2 Å². The summed E-state index contributed by atoms with van der Waals surface area (Å²) in [6, 6.07) is 17.9. The zero-order chi connectivity index (χ0) is 28.9. The Labute approximate surface area is 234 Å². The maximum Gasteiger partial charge on any atom is 0.340 e. The molecule has 4 rings (SSSR count). The molecule has 0 aliphatic carbocycles. The van der Waals surface area contributed by atoms with Crippen LogP contribution in [0.5, 0.6) is 0 Å². The number of carbonyl (C=O) groups is 2. The fourth-order valence-corrected chi connectivity index (χ4v) is 4.85. The number of ether oxygens (including phenoxy) is 8. The first kappa shape index (κ1) is 30.1. The van der Waals surface area contributed by atoms with Gasteiger partial charge in [-0.15, -0.1) is 0 Å². The van der Waals surface area contributed by atoms with Crippen molar-refractivity contribution in [1.82, 2.24) is 0 Å². The minimum absolute atomic E-state index is 0.0886. The van der Waals surface area contributed by atoms with Crippen LogP contribution in [-0.4, -0.2) is 75.4 Å². The molecule has 40 heavy (non-hydrogen) atoms. The highest BCUT2D eigenvalue weighted by Gasteiger charge is 2.51. The van der Waals surface area contributed by atoms with Crippen LogP contribution in [0.3, 0.4) is 0 Å². The molecule has 2 aliphatic rings. The Kier molecular flexibility index (Phi) is 9.60. The predicted molar refractivity (Wildman–Crippen MR) is 142 cm³/mol. The summed E-state index contributed by atoms with van der Waals surface area (Å²) >= 11 is 0. The zero-order valence-corrected chi connectivity index (χ0v) is 23.7. The molecule has 0 saturated carbocycles. The van der Waals surface area contributed by atoms with E-state index in [9.17, 15) is 9.59 Å². The fourth-order valence-electron chi connectivity index (χ4n) is 4.85. The van der Waals surface area contributed by atoms with Crippen LogP contribution < -0.4 is 0 Å². The highest BCUT2D eigenvalue weighted by molar-refractivity contribution is 5.78. The van der Waals surface area contributed by atoms with Crippen molar-refractivity contribution >= 4 is 11.9 Å². The topological polar surface area (TPSA) is 108 Å². The Morgan fingerprint density at radius 1 is 0.675 bits per heavy atom. The number of benzene rings is 2. The van der Waals surface area contributed by atoms with E-state index in [1.165, 1.54) is 14.2 Å². The second-order valence-electron chi connectivity index (χ2n) is 10.6. The quantitative estimate of drug-likeness (QED) is 0.377. The van der Waals surface area contributed by atoms with Gasteiger partial charge in [-0.2, -0.15) is 0 Å². The van der Waals surface area contributed by atoms with E-state index >= 15 is 0 Å². The van der Waals surface area contributed by atoms with E-state index in [1.807, 2.05) is 12.1 Å². The van der Waals surface area contributed by atoms with Crippen LogP contribution in [0, 0.1) is 0 Å². The minimum atomic E-state index is -1.13. The van der Waals surface area contributed by atoms with E-state index < -0.39 is 60.1 Å². The molecule has 2 saturated heterocycles. The number of hydrogen-bond acceptors (Lipinski definition) is 10. The molecule has 0 spiro atoms. The van der Waals surface area contributed by atoms with Crippen LogP contribution in [-0.2, 0) is 47.5 Å². The lowest BCUT2D eigenvalue weighted by molar-refractivity contribution is -0.216. The van der Waals surface area contributed by atoms with Gasteiger partial charge in [0.25, 0.3) is 0 Å². The molecular formula is C30H38O10. The largest absolute Gasteiger partial charge is 0.453 e. The molecule has 0 unspecified atom stereocenters. The van der Waals surface area contributed by atoms with Gasteiger partial charge in [0.1, 0.15) is 12.2 Å². The summed E-state index contributed by atoms with van der Waals surface area (Å²) in [5.41, 5.74) is 1.22. The Morgan fingerprint density at radius 2 is 1.02 bits per heavy atom. The summed E-state index contributed by atoms with van der Waals surface area (Å²) in [6.45, 7) is 7.19. The molecule has 0 aromatic heterocycles. The normalized spacial score (nSPS) is 24.6. The SMILES string of the molecule is CO[C@@H](C(=O)O[C@H]([C@@H](OC(=O)[C@H](OC)c1ccccc1)[C@H]1COC(C)(C)O1)[C@H]1COC(C)(C)O1)c1ccccc1. The third kappa shape index (κ3) is 7.25. The minimum Gasteiger partial charge on any atom is -0.453 e. The highest BCUT2D eigenvalue weighted by atomic mass is 16.8. The average Bonchev–Trinajstić information content (AvgIpc) is 3.48. The predicted octanol–water partition coefficient (Wildman–Crippen LogP) is 3.89. The molecule has 2 aromatic rings. The first-order chi connectivity index (χ1) is 19.0. The van der Waals surface area contributed by atoms with Gasteiger partial charge in [0, 0.05) is 14.2 Å². The van der Waals surface area contributed by atoms with E-state index in [1.54, 1.807) is 76.2 Å². The molecule has 0 amide bonds. The zero-order valence-electron chi connectivity index (χ0n) is 23.7. The van der Waals surface area contributed by atoms with Crippen LogP contribution >= 0.6 is 0 Å². The molecule has 10 nitrogen and oxygen atoms in total. The molecular weight excluding hydrogens is 520 g/mol. The third-order valence-electron chi connectivity index (χ3n) is 6.73. The summed E-state index contributed by atoms with van der Waals surface area (Å²) < 4.78 is 47.0. The van der Waals surface area contributed by atoms with Crippen molar-refractivity contribution < 1.29 is 47.5 Å². The van der Waals surface area contributed by atoms with E-state index in [0.717, 1.165) is 0 Å². The molecule has 10 heteroatoms. The Morgan fingerprint density at radius 3 is 1.30 bits per heavy atom. The standard InChI is InChI=1S/C30H38O10/c1-29(2)35-17-21(39-29)25(37-27(31)23(33-5)19-13-9-7-10-14-19)26(22-18-36-30(3,4)40-22)38-28(32)24(34-6)20-15-11-8-12-16-20/h7-16,21-26H,17-18H2,1-6H3/t21-,22-,23-,24-,25+,26+/m1/s1. The maximum atomic E-state index is 13.6. The summed E-state index contributed by atoms with van der Waals surface area (Å²) in [5, 5.41) is 0. The lowest BCUT2D eigenvalue weighted by Gasteiger charge is -2.35. The first-order valence-corrected chi connectivity index (χ1v) is 13.2. The molecule has 2 aliphatic heterocycles. The third-order valence-corrected chi connectivity index (χ3v) is 6.73. The summed E-state index contributed by atoms with van der Waals surface area (Å²) in [5.74, 6) is -3.26. The number of methoxy groups -OCH3 is 2. The molecule has 0 bridgehead atoms. The number of rotatable bonds is 11. The van der Waals surface area contributed by atoms with Gasteiger partial charge in [-0.3, -0.25) is 0 Å². The van der Waals surface area contributed by atoms with Crippen molar-refractivity contribution in [3.63, 3.8) is 0 Å². The van der Waals surface area contributed by atoms with Crippen molar-refractivity contribution in [3.8, 4) is 0 Å². The van der Waals surface area contributed by atoms with Gasteiger partial charge in [0.2, 0.25) is 0 Å². The maximum absolute atomic E-state index is 13.6.